The van der Waals surface area contributed by atoms with Crippen LogP contribution in [0.3, 0.4) is 0 Å². The van der Waals surface area contributed by atoms with Gasteiger partial charge in [-0.25, -0.2) is 0 Å². The van der Waals surface area contributed by atoms with E-state index in [0.717, 1.165) is 11.3 Å². The molecule has 1 N–H and O–H groups in total. The molecule has 4 heteroatoms. The largest absolute Gasteiger partial charge is 0.349 e. The molecule has 1 amide bonds. The Balaban J connectivity index is 2.13. The van der Waals surface area contributed by atoms with Crippen molar-refractivity contribution in [2.45, 2.75) is 30.2 Å². The molecule has 0 radical (unpaired) electrons. The number of hydrogen-bond donors (Lipinski definition) is 1. The molecule has 0 saturated heterocycles. The predicted molar refractivity (Wildman–Crippen MR) is 72.8 cm³/mol. The molecule has 0 saturated carbocycles. The lowest BCUT2D eigenvalue weighted by molar-refractivity contribution is -0.123. The minimum atomic E-state index is -0.346. The molecule has 1 aromatic carbocycles. The molecular formula is C13H16ClNOS. The minimum absolute atomic E-state index is 0.0429. The molecule has 0 bridgehead atoms. The fraction of sp³-hybridized carbons (Fsp3) is 0.462. The highest BCUT2D eigenvalue weighted by atomic mass is 35.5. The molecule has 0 aliphatic carbocycles. The Bertz CT molecular complexity index is 433. The molecule has 0 spiro atoms. The topological polar surface area (TPSA) is 29.1 Å². The summed E-state index contributed by atoms with van der Waals surface area (Å²) in [5.74, 6) is 1.27. The van der Waals surface area contributed by atoms with E-state index < -0.39 is 0 Å². The molecular weight excluding hydrogens is 254 g/mol. The van der Waals surface area contributed by atoms with E-state index >= 15 is 0 Å². The van der Waals surface area contributed by atoms with Crippen LogP contribution in [0.25, 0.3) is 0 Å². The highest BCUT2D eigenvalue weighted by molar-refractivity contribution is 7.99. The number of rotatable bonds is 3. The quantitative estimate of drug-likeness (QED) is 0.855. The summed E-state index contributed by atoms with van der Waals surface area (Å²) in [4.78, 5) is 13.4. The highest BCUT2D eigenvalue weighted by Gasteiger charge is 2.31. The number of nitrogens with one attached hydrogen (secondary N) is 1. The SMILES string of the molecule is CC(C)(CCl)NC(=O)C1CSc2ccccc21. The Kier molecular flexibility index (Phi) is 3.69. The number of amides is 1. The molecule has 17 heavy (non-hydrogen) atoms. The van der Waals surface area contributed by atoms with Gasteiger partial charge in [0.05, 0.1) is 5.92 Å². The molecule has 0 aromatic heterocycles. The zero-order valence-electron chi connectivity index (χ0n) is 10.00. The van der Waals surface area contributed by atoms with Crippen molar-refractivity contribution in [3.63, 3.8) is 0 Å². The highest BCUT2D eigenvalue weighted by Crippen LogP contribution is 2.39. The van der Waals surface area contributed by atoms with Gasteiger partial charge in [0.15, 0.2) is 0 Å². The zero-order valence-corrected chi connectivity index (χ0v) is 11.6. The first-order valence-electron chi connectivity index (χ1n) is 5.63. The molecule has 1 aliphatic heterocycles. The van der Waals surface area contributed by atoms with Crippen LogP contribution < -0.4 is 5.32 Å². The molecule has 0 fully saturated rings. The van der Waals surface area contributed by atoms with Crippen LogP contribution in [0.15, 0.2) is 29.2 Å². The summed E-state index contributed by atoms with van der Waals surface area (Å²) >= 11 is 7.57. The maximum absolute atomic E-state index is 12.2. The molecule has 1 heterocycles. The van der Waals surface area contributed by atoms with Crippen molar-refractivity contribution in [3.8, 4) is 0 Å². The Hall–Kier alpha value is -0.670. The minimum Gasteiger partial charge on any atom is -0.349 e. The van der Waals surface area contributed by atoms with Crippen molar-refractivity contribution in [2.75, 3.05) is 11.6 Å². The van der Waals surface area contributed by atoms with Crippen LogP contribution in [0, 0.1) is 0 Å². The van der Waals surface area contributed by atoms with Gasteiger partial charge in [0.2, 0.25) is 5.91 Å². The Morgan fingerprint density at radius 1 is 1.53 bits per heavy atom. The van der Waals surface area contributed by atoms with Gasteiger partial charge in [0, 0.05) is 22.1 Å². The lowest BCUT2D eigenvalue weighted by Crippen LogP contribution is -2.47. The average molecular weight is 270 g/mol. The van der Waals surface area contributed by atoms with Gasteiger partial charge < -0.3 is 5.32 Å². The second-order valence-corrected chi connectivity index (χ2v) is 6.24. The first kappa shape index (κ1) is 12.8. The summed E-state index contributed by atoms with van der Waals surface area (Å²) in [5, 5.41) is 3.00. The van der Waals surface area contributed by atoms with Crippen LogP contribution in [-0.4, -0.2) is 23.1 Å². The van der Waals surface area contributed by atoms with Crippen molar-refractivity contribution in [1.29, 1.82) is 0 Å². The number of carbonyl (C=O) groups excluding carboxylic acids is 1. The molecule has 1 aliphatic rings. The predicted octanol–water partition coefficient (Wildman–Crippen LogP) is 3.01. The van der Waals surface area contributed by atoms with Crippen molar-refractivity contribution >= 4 is 29.3 Å². The number of alkyl halides is 1. The third-order valence-electron chi connectivity index (χ3n) is 2.81. The summed E-state index contributed by atoms with van der Waals surface area (Å²) in [6.07, 6.45) is 0. The van der Waals surface area contributed by atoms with Gasteiger partial charge in [-0.2, -0.15) is 0 Å². The lowest BCUT2D eigenvalue weighted by atomic mass is 9.98. The molecule has 1 aromatic rings. The van der Waals surface area contributed by atoms with E-state index in [2.05, 4.69) is 11.4 Å². The van der Waals surface area contributed by atoms with Gasteiger partial charge in [-0.05, 0) is 25.5 Å². The van der Waals surface area contributed by atoms with Gasteiger partial charge in [0.1, 0.15) is 0 Å². The third kappa shape index (κ3) is 2.78. The second-order valence-electron chi connectivity index (χ2n) is 4.91. The monoisotopic (exact) mass is 269 g/mol. The van der Waals surface area contributed by atoms with Gasteiger partial charge in [-0.3, -0.25) is 4.79 Å². The first-order valence-corrected chi connectivity index (χ1v) is 7.15. The van der Waals surface area contributed by atoms with Crippen molar-refractivity contribution in [3.05, 3.63) is 29.8 Å². The Labute approximate surface area is 111 Å². The van der Waals surface area contributed by atoms with Crippen molar-refractivity contribution < 1.29 is 4.79 Å². The van der Waals surface area contributed by atoms with Crippen LogP contribution in [0.1, 0.15) is 25.3 Å². The van der Waals surface area contributed by atoms with Crippen molar-refractivity contribution in [2.24, 2.45) is 0 Å². The van der Waals surface area contributed by atoms with E-state index in [1.165, 1.54) is 4.90 Å². The van der Waals surface area contributed by atoms with Crippen LogP contribution in [0.5, 0.6) is 0 Å². The fourth-order valence-corrected chi connectivity index (χ4v) is 3.13. The molecule has 2 nitrogen and oxygen atoms in total. The maximum atomic E-state index is 12.2. The number of carbonyl (C=O) groups is 1. The first-order chi connectivity index (χ1) is 8.03. The van der Waals surface area contributed by atoms with Gasteiger partial charge in [-0.1, -0.05) is 18.2 Å². The summed E-state index contributed by atoms with van der Waals surface area (Å²) in [5.41, 5.74) is 0.793. The molecule has 92 valence electrons. The van der Waals surface area contributed by atoms with Gasteiger partial charge in [0.25, 0.3) is 0 Å². The smallest absolute Gasteiger partial charge is 0.228 e. The van der Waals surface area contributed by atoms with E-state index in [4.69, 9.17) is 11.6 Å². The molecule has 1 atom stereocenters. The number of hydrogen-bond acceptors (Lipinski definition) is 2. The fourth-order valence-electron chi connectivity index (χ4n) is 1.83. The standard InChI is InChI=1S/C13H16ClNOS/c1-13(2,8-14)15-12(16)10-7-17-11-6-4-3-5-9(10)11/h3-6,10H,7-8H2,1-2H3,(H,15,16). The summed E-state index contributed by atoms with van der Waals surface area (Å²) in [7, 11) is 0. The van der Waals surface area contributed by atoms with E-state index in [-0.39, 0.29) is 17.4 Å². The summed E-state index contributed by atoms with van der Waals surface area (Å²) < 4.78 is 0. The van der Waals surface area contributed by atoms with Crippen LogP contribution in [0.4, 0.5) is 0 Å². The number of thioether (sulfide) groups is 1. The molecule has 1 unspecified atom stereocenters. The molecule has 2 rings (SSSR count). The van der Waals surface area contributed by atoms with E-state index in [1.54, 1.807) is 11.8 Å². The maximum Gasteiger partial charge on any atom is 0.228 e. The van der Waals surface area contributed by atoms with E-state index in [9.17, 15) is 4.79 Å². The number of halogens is 1. The summed E-state index contributed by atoms with van der Waals surface area (Å²) in [6, 6.07) is 8.10. The van der Waals surface area contributed by atoms with Gasteiger partial charge in [-0.15, -0.1) is 23.4 Å². The average Bonchev–Trinajstić information content (AvgIpc) is 2.72. The van der Waals surface area contributed by atoms with Crippen LogP contribution in [0.2, 0.25) is 0 Å². The Morgan fingerprint density at radius 2 is 2.24 bits per heavy atom. The normalized spacial score (nSPS) is 18.9. The third-order valence-corrected chi connectivity index (χ3v) is 4.66. The number of fused-ring (bicyclic) bond motifs is 1. The number of benzene rings is 1. The lowest BCUT2D eigenvalue weighted by Gasteiger charge is -2.25. The zero-order chi connectivity index (χ0) is 12.5. The van der Waals surface area contributed by atoms with E-state index in [0.29, 0.717) is 5.88 Å². The Morgan fingerprint density at radius 3 is 2.94 bits per heavy atom. The van der Waals surface area contributed by atoms with Crippen LogP contribution >= 0.6 is 23.4 Å². The summed E-state index contributed by atoms with van der Waals surface area (Å²) in [6.45, 7) is 3.87. The van der Waals surface area contributed by atoms with Gasteiger partial charge >= 0.3 is 0 Å². The second kappa shape index (κ2) is 4.91. The van der Waals surface area contributed by atoms with Crippen molar-refractivity contribution in [1.82, 2.24) is 5.32 Å². The van der Waals surface area contributed by atoms with Crippen LogP contribution in [-0.2, 0) is 4.79 Å². The van der Waals surface area contributed by atoms with E-state index in [1.807, 2.05) is 32.0 Å².